The Hall–Kier alpha value is -1.42. The SMILES string of the molecule is CC(C)c1cccc(NCC#CC(C)(C)C)c1. The summed E-state index contributed by atoms with van der Waals surface area (Å²) in [5, 5.41) is 3.34. The molecular formula is C16H23N. The fourth-order valence-corrected chi connectivity index (χ4v) is 1.46. The second-order valence-electron chi connectivity index (χ2n) is 5.69. The van der Waals surface area contributed by atoms with Crippen molar-refractivity contribution in [2.45, 2.75) is 40.5 Å². The molecule has 0 bridgehead atoms. The molecule has 92 valence electrons. The van der Waals surface area contributed by atoms with E-state index in [0.717, 1.165) is 5.69 Å². The molecule has 1 aromatic rings. The third kappa shape index (κ3) is 5.45. The van der Waals surface area contributed by atoms with E-state index in [1.807, 2.05) is 0 Å². The molecule has 0 aliphatic carbocycles. The second kappa shape index (κ2) is 5.77. The van der Waals surface area contributed by atoms with Gasteiger partial charge in [0, 0.05) is 11.1 Å². The first-order valence-electron chi connectivity index (χ1n) is 6.22. The van der Waals surface area contributed by atoms with Gasteiger partial charge in [-0.25, -0.2) is 0 Å². The second-order valence-corrected chi connectivity index (χ2v) is 5.69. The molecule has 1 N–H and O–H groups in total. The Morgan fingerprint density at radius 2 is 1.94 bits per heavy atom. The summed E-state index contributed by atoms with van der Waals surface area (Å²) in [5.74, 6) is 6.95. The quantitative estimate of drug-likeness (QED) is 0.763. The third-order valence-electron chi connectivity index (χ3n) is 2.40. The molecule has 0 spiro atoms. The molecule has 0 amide bonds. The molecule has 1 aromatic carbocycles. The van der Waals surface area contributed by atoms with Gasteiger partial charge in [-0.15, -0.1) is 0 Å². The number of nitrogens with one attached hydrogen (secondary N) is 1. The first-order valence-corrected chi connectivity index (χ1v) is 6.22. The molecule has 0 saturated heterocycles. The van der Waals surface area contributed by atoms with Crippen LogP contribution in [0.5, 0.6) is 0 Å². The Morgan fingerprint density at radius 3 is 2.53 bits per heavy atom. The van der Waals surface area contributed by atoms with Crippen LogP contribution in [-0.4, -0.2) is 6.54 Å². The van der Waals surface area contributed by atoms with Crippen molar-refractivity contribution in [3.63, 3.8) is 0 Å². The van der Waals surface area contributed by atoms with Gasteiger partial charge in [0.25, 0.3) is 0 Å². The molecular weight excluding hydrogens is 206 g/mol. The van der Waals surface area contributed by atoms with E-state index < -0.39 is 0 Å². The van der Waals surface area contributed by atoms with Crippen molar-refractivity contribution >= 4 is 5.69 Å². The summed E-state index contributed by atoms with van der Waals surface area (Å²) in [4.78, 5) is 0. The summed E-state index contributed by atoms with van der Waals surface area (Å²) >= 11 is 0. The van der Waals surface area contributed by atoms with Crippen LogP contribution in [0.2, 0.25) is 0 Å². The highest BCUT2D eigenvalue weighted by molar-refractivity contribution is 5.47. The molecule has 0 atom stereocenters. The number of hydrogen-bond acceptors (Lipinski definition) is 1. The standard InChI is InChI=1S/C16H23N/c1-13(2)14-8-6-9-15(12-14)17-11-7-10-16(3,4)5/h6,8-9,12-13,17H,11H2,1-5H3. The van der Waals surface area contributed by atoms with Gasteiger partial charge in [0.1, 0.15) is 0 Å². The molecule has 0 saturated carbocycles. The van der Waals surface area contributed by atoms with Gasteiger partial charge in [-0.3, -0.25) is 0 Å². The summed E-state index contributed by atoms with van der Waals surface area (Å²) in [7, 11) is 0. The maximum Gasteiger partial charge on any atom is 0.0766 e. The lowest BCUT2D eigenvalue weighted by atomic mass is 9.98. The summed E-state index contributed by atoms with van der Waals surface area (Å²) < 4.78 is 0. The fraction of sp³-hybridized carbons (Fsp3) is 0.500. The molecule has 17 heavy (non-hydrogen) atoms. The Balaban J connectivity index is 2.57. The molecule has 1 nitrogen and oxygen atoms in total. The van der Waals surface area contributed by atoms with Crippen molar-refractivity contribution in [2.75, 3.05) is 11.9 Å². The molecule has 0 aliphatic rings. The molecule has 1 rings (SSSR count). The number of benzene rings is 1. The van der Waals surface area contributed by atoms with Gasteiger partial charge >= 0.3 is 0 Å². The maximum atomic E-state index is 3.34. The predicted octanol–water partition coefficient (Wildman–Crippen LogP) is 4.27. The van der Waals surface area contributed by atoms with E-state index in [1.54, 1.807) is 0 Å². The Kier molecular flexibility index (Phi) is 4.63. The van der Waals surface area contributed by atoms with Crippen molar-refractivity contribution in [1.29, 1.82) is 0 Å². The van der Waals surface area contributed by atoms with E-state index in [0.29, 0.717) is 12.5 Å². The monoisotopic (exact) mass is 229 g/mol. The van der Waals surface area contributed by atoms with Crippen LogP contribution < -0.4 is 5.32 Å². The molecule has 0 radical (unpaired) electrons. The lowest BCUT2D eigenvalue weighted by molar-refractivity contribution is 0.570. The Bertz CT molecular complexity index is 413. The predicted molar refractivity (Wildman–Crippen MR) is 76.3 cm³/mol. The normalized spacial score (nSPS) is 10.9. The molecule has 0 heterocycles. The largest absolute Gasteiger partial charge is 0.374 e. The van der Waals surface area contributed by atoms with Crippen molar-refractivity contribution in [3.8, 4) is 11.8 Å². The average molecular weight is 229 g/mol. The van der Waals surface area contributed by atoms with E-state index in [-0.39, 0.29) is 5.41 Å². The van der Waals surface area contributed by atoms with Crippen molar-refractivity contribution < 1.29 is 0 Å². The highest BCUT2D eigenvalue weighted by atomic mass is 14.8. The molecule has 0 aliphatic heterocycles. The van der Waals surface area contributed by atoms with Crippen molar-refractivity contribution in [1.82, 2.24) is 0 Å². The van der Waals surface area contributed by atoms with Crippen LogP contribution in [0.3, 0.4) is 0 Å². The van der Waals surface area contributed by atoms with Crippen molar-refractivity contribution in [2.24, 2.45) is 5.41 Å². The molecule has 0 aromatic heterocycles. The zero-order chi connectivity index (χ0) is 12.9. The van der Waals surface area contributed by atoms with Gasteiger partial charge in [0.05, 0.1) is 6.54 Å². The molecule has 0 unspecified atom stereocenters. The van der Waals surface area contributed by atoms with E-state index in [1.165, 1.54) is 5.56 Å². The van der Waals surface area contributed by atoms with Crippen LogP contribution in [0.1, 0.15) is 46.1 Å². The van der Waals surface area contributed by atoms with Gasteiger partial charge in [0.2, 0.25) is 0 Å². The zero-order valence-corrected chi connectivity index (χ0v) is 11.6. The van der Waals surface area contributed by atoms with Crippen molar-refractivity contribution in [3.05, 3.63) is 29.8 Å². The lowest BCUT2D eigenvalue weighted by Crippen LogP contribution is -2.03. The number of rotatable bonds is 3. The van der Waals surface area contributed by atoms with Crippen LogP contribution >= 0.6 is 0 Å². The minimum atomic E-state index is 0.0848. The van der Waals surface area contributed by atoms with E-state index in [9.17, 15) is 0 Å². The maximum absolute atomic E-state index is 3.34. The summed E-state index contributed by atoms with van der Waals surface area (Å²) in [6.07, 6.45) is 0. The van der Waals surface area contributed by atoms with E-state index >= 15 is 0 Å². The Morgan fingerprint density at radius 1 is 1.24 bits per heavy atom. The van der Waals surface area contributed by atoms with Gasteiger partial charge in [-0.05, 0) is 44.4 Å². The summed E-state index contributed by atoms with van der Waals surface area (Å²) in [5.41, 5.74) is 2.60. The first kappa shape index (κ1) is 13.6. The van der Waals surface area contributed by atoms with Crippen LogP contribution in [0, 0.1) is 17.3 Å². The van der Waals surface area contributed by atoms with Gasteiger partial charge in [-0.1, -0.05) is 37.8 Å². The highest BCUT2D eigenvalue weighted by Crippen LogP contribution is 2.18. The molecule has 0 fully saturated rings. The minimum absolute atomic E-state index is 0.0848. The summed E-state index contributed by atoms with van der Waals surface area (Å²) in [6, 6.07) is 8.54. The minimum Gasteiger partial charge on any atom is -0.374 e. The lowest BCUT2D eigenvalue weighted by Gasteiger charge is -2.09. The average Bonchev–Trinajstić information content (AvgIpc) is 2.23. The molecule has 1 heteroatoms. The zero-order valence-electron chi connectivity index (χ0n) is 11.6. The van der Waals surface area contributed by atoms with Gasteiger partial charge in [-0.2, -0.15) is 0 Å². The van der Waals surface area contributed by atoms with E-state index in [2.05, 4.69) is 76.0 Å². The van der Waals surface area contributed by atoms with Gasteiger partial charge < -0.3 is 5.32 Å². The number of anilines is 1. The van der Waals surface area contributed by atoms with Crippen LogP contribution in [0.25, 0.3) is 0 Å². The van der Waals surface area contributed by atoms with Crippen LogP contribution in [-0.2, 0) is 0 Å². The topological polar surface area (TPSA) is 12.0 Å². The Labute approximate surface area is 106 Å². The van der Waals surface area contributed by atoms with E-state index in [4.69, 9.17) is 0 Å². The van der Waals surface area contributed by atoms with Crippen LogP contribution in [0.15, 0.2) is 24.3 Å². The third-order valence-corrected chi connectivity index (χ3v) is 2.40. The smallest absolute Gasteiger partial charge is 0.0766 e. The summed E-state index contributed by atoms with van der Waals surface area (Å²) in [6.45, 7) is 11.5. The van der Waals surface area contributed by atoms with Crippen LogP contribution in [0.4, 0.5) is 5.69 Å². The number of hydrogen-bond donors (Lipinski definition) is 1. The first-order chi connectivity index (χ1) is 7.88. The highest BCUT2D eigenvalue weighted by Gasteiger charge is 2.03. The van der Waals surface area contributed by atoms with Gasteiger partial charge in [0.15, 0.2) is 0 Å². The fourth-order valence-electron chi connectivity index (χ4n) is 1.46.